The smallest absolute Gasteiger partial charge is 0.122 e. The number of likely N-dealkylation sites (N-methyl/N-ethyl adjacent to an activating group) is 1. The summed E-state index contributed by atoms with van der Waals surface area (Å²) in [7, 11) is 1.98. The Labute approximate surface area is 114 Å². The van der Waals surface area contributed by atoms with Gasteiger partial charge in [-0.2, -0.15) is 0 Å². The van der Waals surface area contributed by atoms with E-state index in [-0.39, 0.29) is 6.04 Å². The first-order valence-corrected chi connectivity index (χ1v) is 6.81. The van der Waals surface area contributed by atoms with E-state index in [1.54, 1.807) is 0 Å². The second kappa shape index (κ2) is 6.05. The fourth-order valence-electron chi connectivity index (χ4n) is 2.63. The molecule has 0 spiro atoms. The molecule has 5 heteroatoms. The molecule has 19 heavy (non-hydrogen) atoms. The number of hydrogen-bond acceptors (Lipinski definition) is 5. The monoisotopic (exact) mass is 268 g/mol. The maximum atomic E-state index is 10.5. The number of rotatable bonds is 5. The Bertz CT molecular complexity index is 399. The molecule has 5 nitrogen and oxygen atoms in total. The van der Waals surface area contributed by atoms with Gasteiger partial charge in [-0.15, -0.1) is 0 Å². The summed E-state index contributed by atoms with van der Waals surface area (Å²) in [5.74, 6) is 1.74. The number of aliphatic hydroxyl groups is 1. The van der Waals surface area contributed by atoms with E-state index in [0.717, 1.165) is 11.5 Å². The predicted octanol–water partition coefficient (Wildman–Crippen LogP) is 1.06. The van der Waals surface area contributed by atoms with E-state index < -0.39 is 5.60 Å². The molecule has 0 radical (unpaired) electrons. The van der Waals surface area contributed by atoms with Crippen molar-refractivity contribution >= 4 is 0 Å². The van der Waals surface area contributed by atoms with Crippen molar-refractivity contribution in [2.45, 2.75) is 31.4 Å². The van der Waals surface area contributed by atoms with E-state index in [9.17, 15) is 5.11 Å². The molecular weight excluding hydrogens is 244 g/mol. The lowest BCUT2D eigenvalue weighted by Crippen LogP contribution is -2.47. The average molecular weight is 268 g/mol. The van der Waals surface area contributed by atoms with Gasteiger partial charge in [-0.1, -0.05) is 0 Å². The van der Waals surface area contributed by atoms with Crippen LogP contribution in [0.25, 0.3) is 0 Å². The zero-order valence-corrected chi connectivity index (χ0v) is 11.8. The molecule has 2 heterocycles. The van der Waals surface area contributed by atoms with Crippen LogP contribution in [0.5, 0.6) is 0 Å². The van der Waals surface area contributed by atoms with Crippen LogP contribution in [0.4, 0.5) is 0 Å². The van der Waals surface area contributed by atoms with Crippen LogP contribution in [0.1, 0.15) is 30.4 Å². The summed E-state index contributed by atoms with van der Waals surface area (Å²) >= 11 is 0. The summed E-state index contributed by atoms with van der Waals surface area (Å²) in [6.45, 7) is 4.21. The van der Waals surface area contributed by atoms with Gasteiger partial charge < -0.3 is 20.0 Å². The van der Waals surface area contributed by atoms with Gasteiger partial charge in [0, 0.05) is 39.1 Å². The Balaban J connectivity index is 2.02. The van der Waals surface area contributed by atoms with Crippen LogP contribution in [-0.4, -0.2) is 49.0 Å². The molecule has 1 fully saturated rings. The maximum absolute atomic E-state index is 10.5. The average Bonchev–Trinajstić information content (AvgIpc) is 2.77. The minimum Gasteiger partial charge on any atom is -0.465 e. The molecule has 0 aromatic carbocycles. The quantitative estimate of drug-likeness (QED) is 0.835. The lowest BCUT2D eigenvalue weighted by Gasteiger charge is -2.37. The molecule has 0 amide bonds. The van der Waals surface area contributed by atoms with Crippen molar-refractivity contribution in [1.29, 1.82) is 0 Å². The number of ether oxygens (including phenoxy) is 1. The predicted molar refractivity (Wildman–Crippen MR) is 72.9 cm³/mol. The molecule has 2 rings (SSSR count). The van der Waals surface area contributed by atoms with E-state index in [4.69, 9.17) is 14.9 Å². The summed E-state index contributed by atoms with van der Waals surface area (Å²) in [6.07, 6.45) is 1.34. The molecule has 1 aliphatic rings. The number of aryl methyl sites for hydroxylation is 1. The molecular formula is C14H24N2O3. The zero-order valence-electron chi connectivity index (χ0n) is 11.8. The molecule has 0 aliphatic carbocycles. The number of furan rings is 1. The molecule has 0 bridgehead atoms. The topological polar surface area (TPSA) is 71.9 Å². The van der Waals surface area contributed by atoms with Gasteiger partial charge in [0.25, 0.3) is 0 Å². The van der Waals surface area contributed by atoms with Gasteiger partial charge in [-0.05, 0) is 26.1 Å². The second-order valence-corrected chi connectivity index (χ2v) is 5.45. The normalized spacial score (nSPS) is 20.7. The minimum atomic E-state index is -0.679. The van der Waals surface area contributed by atoms with Crippen molar-refractivity contribution in [2.75, 3.05) is 33.4 Å². The number of hydrogen-bond donors (Lipinski definition) is 2. The fourth-order valence-corrected chi connectivity index (χ4v) is 2.63. The van der Waals surface area contributed by atoms with Crippen molar-refractivity contribution in [1.82, 2.24) is 4.90 Å². The molecule has 3 N–H and O–H groups in total. The van der Waals surface area contributed by atoms with Gasteiger partial charge in [0.2, 0.25) is 0 Å². The standard InChI is InChI=1S/C14H24N2O3/c1-11-3-4-13(19-11)12(9-15)16(2)10-14(17)5-7-18-8-6-14/h3-4,12,17H,5-10,15H2,1-2H3. The van der Waals surface area contributed by atoms with E-state index in [1.807, 2.05) is 26.1 Å². The molecule has 1 aliphatic heterocycles. The second-order valence-electron chi connectivity index (χ2n) is 5.45. The van der Waals surface area contributed by atoms with Crippen LogP contribution in [0.2, 0.25) is 0 Å². The highest BCUT2D eigenvalue weighted by molar-refractivity contribution is 5.10. The summed E-state index contributed by atoms with van der Waals surface area (Å²) < 4.78 is 11.0. The van der Waals surface area contributed by atoms with Crippen LogP contribution in [-0.2, 0) is 4.74 Å². The first-order chi connectivity index (χ1) is 9.04. The fraction of sp³-hybridized carbons (Fsp3) is 0.714. The molecule has 0 saturated carbocycles. The lowest BCUT2D eigenvalue weighted by molar-refractivity contribution is -0.0820. The molecule has 1 atom stereocenters. The Morgan fingerprint density at radius 3 is 2.63 bits per heavy atom. The van der Waals surface area contributed by atoms with Gasteiger partial charge in [0.05, 0.1) is 11.6 Å². The third-order valence-electron chi connectivity index (χ3n) is 3.81. The largest absolute Gasteiger partial charge is 0.465 e. The van der Waals surface area contributed by atoms with Gasteiger partial charge in [0.15, 0.2) is 0 Å². The van der Waals surface area contributed by atoms with Crippen LogP contribution in [0.15, 0.2) is 16.5 Å². The van der Waals surface area contributed by atoms with Gasteiger partial charge in [-0.3, -0.25) is 4.90 Å². The summed E-state index contributed by atoms with van der Waals surface area (Å²) in [4.78, 5) is 2.07. The zero-order chi connectivity index (χ0) is 13.9. The van der Waals surface area contributed by atoms with Crippen molar-refractivity contribution in [3.05, 3.63) is 23.7 Å². The number of nitrogens with two attached hydrogens (primary N) is 1. The first-order valence-electron chi connectivity index (χ1n) is 6.81. The molecule has 1 aromatic rings. The van der Waals surface area contributed by atoms with Crippen molar-refractivity contribution in [3.8, 4) is 0 Å². The Kier molecular flexibility index (Phi) is 4.62. The Morgan fingerprint density at radius 2 is 2.11 bits per heavy atom. The first kappa shape index (κ1) is 14.5. The molecule has 1 saturated heterocycles. The van der Waals surface area contributed by atoms with Crippen LogP contribution in [0.3, 0.4) is 0 Å². The highest BCUT2D eigenvalue weighted by Gasteiger charge is 2.33. The molecule has 1 unspecified atom stereocenters. The van der Waals surface area contributed by atoms with Crippen LogP contribution >= 0.6 is 0 Å². The third kappa shape index (κ3) is 3.57. The molecule has 108 valence electrons. The SMILES string of the molecule is Cc1ccc(C(CN)N(C)CC2(O)CCOCC2)o1. The highest BCUT2D eigenvalue weighted by atomic mass is 16.5. The molecule has 1 aromatic heterocycles. The Morgan fingerprint density at radius 1 is 1.42 bits per heavy atom. The Hall–Kier alpha value is -0.880. The lowest BCUT2D eigenvalue weighted by atomic mass is 9.93. The van der Waals surface area contributed by atoms with E-state index in [0.29, 0.717) is 39.1 Å². The minimum absolute atomic E-state index is 0.000528. The van der Waals surface area contributed by atoms with E-state index in [1.165, 1.54) is 0 Å². The van der Waals surface area contributed by atoms with Gasteiger partial charge in [0.1, 0.15) is 11.5 Å². The van der Waals surface area contributed by atoms with E-state index in [2.05, 4.69) is 4.90 Å². The van der Waals surface area contributed by atoms with Crippen molar-refractivity contribution in [2.24, 2.45) is 5.73 Å². The van der Waals surface area contributed by atoms with Crippen molar-refractivity contribution < 1.29 is 14.3 Å². The van der Waals surface area contributed by atoms with Gasteiger partial charge in [-0.25, -0.2) is 0 Å². The highest BCUT2D eigenvalue weighted by Crippen LogP contribution is 2.26. The summed E-state index contributed by atoms with van der Waals surface area (Å²) in [5, 5.41) is 10.5. The van der Waals surface area contributed by atoms with Crippen molar-refractivity contribution in [3.63, 3.8) is 0 Å². The summed E-state index contributed by atoms with van der Waals surface area (Å²) in [6, 6.07) is 3.90. The number of nitrogens with zero attached hydrogens (tertiary/aromatic N) is 1. The maximum Gasteiger partial charge on any atom is 0.122 e. The van der Waals surface area contributed by atoms with E-state index >= 15 is 0 Å². The summed E-state index contributed by atoms with van der Waals surface area (Å²) in [5.41, 5.74) is 5.18. The van der Waals surface area contributed by atoms with Crippen LogP contribution in [0, 0.1) is 6.92 Å². The van der Waals surface area contributed by atoms with Gasteiger partial charge >= 0.3 is 0 Å². The third-order valence-corrected chi connectivity index (χ3v) is 3.81. The van der Waals surface area contributed by atoms with Crippen LogP contribution < -0.4 is 5.73 Å².